The summed E-state index contributed by atoms with van der Waals surface area (Å²) in [5.41, 5.74) is 11.5. The summed E-state index contributed by atoms with van der Waals surface area (Å²) in [5, 5.41) is 4.21. The molecule has 19 heavy (non-hydrogen) atoms. The van der Waals surface area contributed by atoms with Crippen molar-refractivity contribution in [1.82, 2.24) is 4.90 Å². The third-order valence-corrected chi connectivity index (χ3v) is 4.51. The molecule has 1 aliphatic heterocycles. The molecule has 1 fully saturated rings. The van der Waals surface area contributed by atoms with Gasteiger partial charge >= 0.3 is 0 Å². The number of hydrogen-bond donors (Lipinski definition) is 3. The van der Waals surface area contributed by atoms with E-state index in [9.17, 15) is 4.79 Å². The lowest BCUT2D eigenvalue weighted by molar-refractivity contribution is 0.100. The Morgan fingerprint density at radius 3 is 2.63 bits per heavy atom. The maximum absolute atomic E-state index is 11.3. The average Bonchev–Trinajstić information content (AvgIpc) is 2.68. The average molecular weight is 284 g/mol. The summed E-state index contributed by atoms with van der Waals surface area (Å²) in [6.07, 6.45) is 2.12. The maximum Gasteiger partial charge on any atom is 0.261 e. The topological polar surface area (TPSA) is 93.6 Å². The van der Waals surface area contributed by atoms with Crippen molar-refractivity contribution in [3.63, 3.8) is 0 Å². The third-order valence-electron chi connectivity index (χ3n) is 3.38. The van der Waals surface area contributed by atoms with E-state index in [0.717, 1.165) is 30.9 Å². The van der Waals surface area contributed by atoms with Gasteiger partial charge in [-0.15, -0.1) is 11.3 Å². The van der Waals surface area contributed by atoms with Gasteiger partial charge in [0.25, 0.3) is 5.91 Å². The second-order valence-electron chi connectivity index (χ2n) is 4.79. The van der Waals surface area contributed by atoms with Gasteiger partial charge in [0.15, 0.2) is 5.75 Å². The standard InChI is InChI=1S/C12H20N4O2S/c1-16-5-3-7(4-6-16)15-12-9(18-2)8(13)10(19-12)11(14)17/h7,15H,3-6,13H2,1-2H3,(H2,14,17). The highest BCUT2D eigenvalue weighted by atomic mass is 32.1. The van der Waals surface area contributed by atoms with Crippen LogP contribution in [-0.4, -0.2) is 44.1 Å². The van der Waals surface area contributed by atoms with Gasteiger partial charge in [-0.25, -0.2) is 0 Å². The number of amides is 1. The summed E-state index contributed by atoms with van der Waals surface area (Å²) in [4.78, 5) is 14.0. The molecular formula is C12H20N4O2S. The molecule has 1 aliphatic rings. The predicted octanol–water partition coefficient (Wildman–Crippen LogP) is 0.944. The lowest BCUT2D eigenvalue weighted by atomic mass is 10.1. The lowest BCUT2D eigenvalue weighted by Gasteiger charge is -2.29. The van der Waals surface area contributed by atoms with Gasteiger partial charge in [0.1, 0.15) is 15.6 Å². The first-order valence-corrected chi connectivity index (χ1v) is 7.05. The molecule has 0 saturated carbocycles. The lowest BCUT2D eigenvalue weighted by Crippen LogP contribution is -2.36. The van der Waals surface area contributed by atoms with E-state index in [4.69, 9.17) is 16.2 Å². The van der Waals surface area contributed by atoms with Gasteiger partial charge in [-0.05, 0) is 33.0 Å². The Balaban J connectivity index is 2.15. The van der Waals surface area contributed by atoms with Gasteiger partial charge < -0.3 is 26.4 Å². The Kier molecular flexibility index (Phi) is 4.16. The molecule has 0 atom stereocenters. The number of primary amides is 1. The first-order chi connectivity index (χ1) is 9.02. The molecule has 1 aromatic rings. The molecule has 0 aromatic carbocycles. The highest BCUT2D eigenvalue weighted by molar-refractivity contribution is 7.19. The van der Waals surface area contributed by atoms with Crippen LogP contribution in [-0.2, 0) is 0 Å². The first kappa shape index (κ1) is 14.0. The Hall–Kier alpha value is -1.47. The van der Waals surface area contributed by atoms with Crippen LogP contribution in [0.4, 0.5) is 10.7 Å². The van der Waals surface area contributed by atoms with E-state index in [1.54, 1.807) is 7.11 Å². The van der Waals surface area contributed by atoms with Gasteiger partial charge in [0, 0.05) is 6.04 Å². The van der Waals surface area contributed by atoms with Crippen molar-refractivity contribution in [2.45, 2.75) is 18.9 Å². The zero-order valence-corrected chi connectivity index (χ0v) is 12.0. The number of nitrogens with two attached hydrogens (primary N) is 2. The summed E-state index contributed by atoms with van der Waals surface area (Å²) in [5.74, 6) is 0.00922. The van der Waals surface area contributed by atoms with Crippen molar-refractivity contribution in [2.24, 2.45) is 5.73 Å². The van der Waals surface area contributed by atoms with Crippen LogP contribution in [0.5, 0.6) is 5.75 Å². The highest BCUT2D eigenvalue weighted by Gasteiger charge is 2.23. The number of carbonyl (C=O) groups excluding carboxylic acids is 1. The van der Waals surface area contributed by atoms with Gasteiger partial charge in [-0.2, -0.15) is 0 Å². The molecule has 0 aliphatic carbocycles. The summed E-state index contributed by atoms with van der Waals surface area (Å²) >= 11 is 1.26. The van der Waals surface area contributed by atoms with Gasteiger partial charge in [-0.3, -0.25) is 4.79 Å². The van der Waals surface area contributed by atoms with Crippen LogP contribution >= 0.6 is 11.3 Å². The molecule has 0 bridgehead atoms. The number of nitrogen functional groups attached to an aromatic ring is 1. The number of piperidine rings is 1. The third kappa shape index (κ3) is 2.93. The molecule has 1 amide bonds. The van der Waals surface area contributed by atoms with Crippen LogP contribution in [0.1, 0.15) is 22.5 Å². The second kappa shape index (κ2) is 5.66. The van der Waals surface area contributed by atoms with Gasteiger partial charge in [0.05, 0.1) is 7.11 Å². The van der Waals surface area contributed by atoms with E-state index >= 15 is 0 Å². The Morgan fingerprint density at radius 1 is 1.47 bits per heavy atom. The Bertz CT molecular complexity index is 467. The van der Waals surface area contributed by atoms with Gasteiger partial charge in [-0.1, -0.05) is 0 Å². The van der Waals surface area contributed by atoms with Crippen molar-refractivity contribution in [3.8, 4) is 5.75 Å². The van der Waals surface area contributed by atoms with E-state index in [-0.39, 0.29) is 0 Å². The van der Waals surface area contributed by atoms with Crippen molar-refractivity contribution in [1.29, 1.82) is 0 Å². The van der Waals surface area contributed by atoms with Crippen molar-refractivity contribution < 1.29 is 9.53 Å². The molecule has 1 saturated heterocycles. The minimum atomic E-state index is -0.516. The predicted molar refractivity (Wildman–Crippen MR) is 77.9 cm³/mol. The fraction of sp³-hybridized carbons (Fsp3) is 0.583. The quantitative estimate of drug-likeness (QED) is 0.765. The number of methoxy groups -OCH3 is 1. The van der Waals surface area contributed by atoms with E-state index in [1.807, 2.05) is 0 Å². The van der Waals surface area contributed by atoms with E-state index in [2.05, 4.69) is 17.3 Å². The van der Waals surface area contributed by atoms with Crippen molar-refractivity contribution in [2.75, 3.05) is 38.3 Å². The molecule has 0 radical (unpaired) electrons. The molecule has 0 unspecified atom stereocenters. The minimum absolute atomic E-state index is 0.329. The summed E-state index contributed by atoms with van der Waals surface area (Å²) < 4.78 is 5.27. The Morgan fingerprint density at radius 2 is 2.11 bits per heavy atom. The number of anilines is 2. The number of likely N-dealkylation sites (tertiary alicyclic amines) is 1. The molecule has 1 aromatic heterocycles. The zero-order chi connectivity index (χ0) is 14.0. The van der Waals surface area contributed by atoms with Gasteiger partial charge in [0.2, 0.25) is 0 Å². The Labute approximate surface area is 116 Å². The minimum Gasteiger partial charge on any atom is -0.492 e. The summed E-state index contributed by atoms with van der Waals surface area (Å²) in [6.45, 7) is 2.12. The monoisotopic (exact) mass is 284 g/mol. The molecule has 2 heterocycles. The zero-order valence-electron chi connectivity index (χ0n) is 11.2. The molecule has 6 nitrogen and oxygen atoms in total. The number of ether oxygens (including phenoxy) is 1. The normalized spacial score (nSPS) is 17.4. The number of thiophene rings is 1. The molecule has 0 spiro atoms. The number of nitrogens with one attached hydrogen (secondary N) is 1. The van der Waals surface area contributed by atoms with Crippen LogP contribution in [0.15, 0.2) is 0 Å². The summed E-state index contributed by atoms with van der Waals surface area (Å²) in [6, 6.07) is 0.379. The smallest absolute Gasteiger partial charge is 0.261 e. The number of rotatable bonds is 4. The number of carbonyl (C=O) groups is 1. The molecular weight excluding hydrogens is 264 g/mol. The van der Waals surface area contributed by atoms with E-state index in [0.29, 0.717) is 22.4 Å². The van der Waals surface area contributed by atoms with E-state index in [1.165, 1.54) is 11.3 Å². The van der Waals surface area contributed by atoms with Crippen molar-refractivity contribution >= 4 is 27.9 Å². The van der Waals surface area contributed by atoms with Crippen LogP contribution < -0.4 is 21.5 Å². The molecule has 2 rings (SSSR count). The summed E-state index contributed by atoms with van der Waals surface area (Å²) in [7, 11) is 3.66. The fourth-order valence-corrected chi connectivity index (χ4v) is 3.27. The second-order valence-corrected chi connectivity index (χ2v) is 5.81. The maximum atomic E-state index is 11.3. The first-order valence-electron chi connectivity index (χ1n) is 6.24. The highest BCUT2D eigenvalue weighted by Crippen LogP contribution is 2.42. The SMILES string of the molecule is COc1c(NC2CCN(C)CC2)sc(C(N)=O)c1N. The number of nitrogens with zero attached hydrogens (tertiary/aromatic N) is 1. The largest absolute Gasteiger partial charge is 0.492 e. The van der Waals surface area contributed by atoms with Crippen LogP contribution in [0.3, 0.4) is 0 Å². The van der Waals surface area contributed by atoms with Crippen molar-refractivity contribution in [3.05, 3.63) is 4.88 Å². The molecule has 106 valence electrons. The van der Waals surface area contributed by atoms with E-state index < -0.39 is 5.91 Å². The van der Waals surface area contributed by atoms with Crippen LogP contribution in [0, 0.1) is 0 Å². The number of hydrogen-bond acceptors (Lipinski definition) is 6. The van der Waals surface area contributed by atoms with Crippen LogP contribution in [0.25, 0.3) is 0 Å². The van der Waals surface area contributed by atoms with Crippen LogP contribution in [0.2, 0.25) is 0 Å². The molecule has 7 heteroatoms. The molecule has 5 N–H and O–H groups in total. The fourth-order valence-electron chi connectivity index (χ4n) is 2.25.